The maximum absolute atomic E-state index is 11.3. The van der Waals surface area contributed by atoms with E-state index >= 15 is 0 Å². The summed E-state index contributed by atoms with van der Waals surface area (Å²) in [7, 11) is 0. The molecule has 0 atom stereocenters. The van der Waals surface area contributed by atoms with Crippen molar-refractivity contribution in [3.05, 3.63) is 69.0 Å². The molecule has 2 aromatic carbocycles. The Morgan fingerprint density at radius 3 is 2.57 bits per heavy atom. The van der Waals surface area contributed by atoms with Crippen molar-refractivity contribution < 1.29 is 19.4 Å². The number of aromatic hydroxyl groups is 1. The number of aldehydes is 2. The van der Waals surface area contributed by atoms with E-state index in [4.69, 9.17) is 16.3 Å². The number of hydrogen-bond acceptors (Lipinski definition) is 5. The van der Waals surface area contributed by atoms with Crippen LogP contribution >= 0.6 is 11.6 Å². The van der Waals surface area contributed by atoms with Crippen molar-refractivity contribution in [3.8, 4) is 17.2 Å². The molecule has 0 unspecified atom stereocenters. The third-order valence-corrected chi connectivity index (χ3v) is 5.00. The second kappa shape index (κ2) is 7.86. The molecule has 144 valence electrons. The van der Waals surface area contributed by atoms with Gasteiger partial charge in [-0.1, -0.05) is 23.7 Å². The van der Waals surface area contributed by atoms with Crippen LogP contribution in [0.25, 0.3) is 5.69 Å². The summed E-state index contributed by atoms with van der Waals surface area (Å²) < 4.78 is 7.51. The van der Waals surface area contributed by atoms with E-state index in [1.165, 1.54) is 12.1 Å². The Labute approximate surface area is 167 Å². The van der Waals surface area contributed by atoms with Gasteiger partial charge in [-0.15, -0.1) is 0 Å². The number of ether oxygens (including phenoxy) is 1. The molecule has 3 aromatic rings. The summed E-state index contributed by atoms with van der Waals surface area (Å²) in [5.41, 5.74) is 4.81. The molecule has 3 rings (SSSR count). The first-order chi connectivity index (χ1) is 13.4. The van der Waals surface area contributed by atoms with Crippen LogP contribution in [0.1, 0.15) is 43.2 Å². The summed E-state index contributed by atoms with van der Waals surface area (Å²) in [6.07, 6.45) is 1.34. The van der Waals surface area contributed by atoms with Crippen LogP contribution in [-0.2, 0) is 6.61 Å². The van der Waals surface area contributed by atoms with Crippen molar-refractivity contribution in [1.29, 1.82) is 0 Å². The molecular weight excluding hydrogens is 380 g/mol. The number of phenolic OH excluding ortho intramolecular Hbond substituents is 1. The van der Waals surface area contributed by atoms with Crippen molar-refractivity contribution in [2.24, 2.45) is 0 Å². The highest BCUT2D eigenvalue weighted by atomic mass is 35.5. The normalized spacial score (nSPS) is 10.7. The SMILES string of the molecule is Cc1nn(-c2cccc(COc3cc(O)c(C=O)cc3Cl)c2C)c(C)c1C=O. The Bertz CT molecular complexity index is 1070. The van der Waals surface area contributed by atoms with Crippen molar-refractivity contribution in [1.82, 2.24) is 9.78 Å². The molecule has 7 heteroatoms. The molecule has 0 aliphatic rings. The van der Waals surface area contributed by atoms with Crippen LogP contribution in [0.5, 0.6) is 11.5 Å². The summed E-state index contributed by atoms with van der Waals surface area (Å²) in [5, 5.41) is 14.5. The third-order valence-electron chi connectivity index (χ3n) is 4.70. The first-order valence-electron chi connectivity index (χ1n) is 8.58. The van der Waals surface area contributed by atoms with Gasteiger partial charge in [-0.05, 0) is 44.0 Å². The highest BCUT2D eigenvalue weighted by Gasteiger charge is 2.15. The average molecular weight is 399 g/mol. The number of aromatic nitrogens is 2. The number of hydrogen-bond donors (Lipinski definition) is 1. The van der Waals surface area contributed by atoms with E-state index in [1.54, 1.807) is 11.6 Å². The zero-order valence-electron chi connectivity index (χ0n) is 15.7. The van der Waals surface area contributed by atoms with Gasteiger partial charge in [0.05, 0.1) is 33.2 Å². The summed E-state index contributed by atoms with van der Waals surface area (Å²) in [6.45, 7) is 5.80. The van der Waals surface area contributed by atoms with Crippen molar-refractivity contribution >= 4 is 24.2 Å². The minimum absolute atomic E-state index is 0.103. The number of rotatable bonds is 6. The highest BCUT2D eigenvalue weighted by Crippen LogP contribution is 2.32. The second-order valence-electron chi connectivity index (χ2n) is 6.42. The highest BCUT2D eigenvalue weighted by molar-refractivity contribution is 6.32. The van der Waals surface area contributed by atoms with E-state index in [-0.39, 0.29) is 28.7 Å². The van der Waals surface area contributed by atoms with Crippen LogP contribution in [0.15, 0.2) is 30.3 Å². The third kappa shape index (κ3) is 3.51. The molecular formula is C21H19ClN2O4. The van der Waals surface area contributed by atoms with E-state index in [0.29, 0.717) is 17.5 Å². The predicted molar refractivity (Wildman–Crippen MR) is 106 cm³/mol. The van der Waals surface area contributed by atoms with Gasteiger partial charge in [0.15, 0.2) is 12.6 Å². The maximum Gasteiger partial charge on any atom is 0.153 e. The number of aryl methyl sites for hydroxylation is 1. The van der Waals surface area contributed by atoms with Crippen LogP contribution in [0.3, 0.4) is 0 Å². The summed E-state index contributed by atoms with van der Waals surface area (Å²) in [5.74, 6) is 0.0906. The van der Waals surface area contributed by atoms with Gasteiger partial charge < -0.3 is 9.84 Å². The lowest BCUT2D eigenvalue weighted by Crippen LogP contribution is -2.06. The minimum Gasteiger partial charge on any atom is -0.507 e. The fourth-order valence-corrected chi connectivity index (χ4v) is 3.26. The molecule has 28 heavy (non-hydrogen) atoms. The molecule has 0 aliphatic carbocycles. The largest absolute Gasteiger partial charge is 0.507 e. The van der Waals surface area contributed by atoms with Crippen molar-refractivity contribution in [2.75, 3.05) is 0 Å². The topological polar surface area (TPSA) is 81.4 Å². The van der Waals surface area contributed by atoms with Crippen molar-refractivity contribution in [2.45, 2.75) is 27.4 Å². The second-order valence-corrected chi connectivity index (χ2v) is 6.83. The Morgan fingerprint density at radius 2 is 1.93 bits per heavy atom. The van der Waals surface area contributed by atoms with E-state index in [2.05, 4.69) is 5.10 Å². The monoisotopic (exact) mass is 398 g/mol. The fourth-order valence-electron chi connectivity index (χ4n) is 3.03. The lowest BCUT2D eigenvalue weighted by molar-refractivity contribution is 0.111. The maximum atomic E-state index is 11.3. The molecule has 1 aromatic heterocycles. The Morgan fingerprint density at radius 1 is 1.18 bits per heavy atom. The number of carbonyl (C=O) groups is 2. The number of halogens is 1. The molecule has 1 N–H and O–H groups in total. The van der Waals surface area contributed by atoms with Crippen molar-refractivity contribution in [3.63, 3.8) is 0 Å². The first-order valence-corrected chi connectivity index (χ1v) is 8.96. The van der Waals surface area contributed by atoms with Crippen LogP contribution in [0, 0.1) is 20.8 Å². The van der Waals surface area contributed by atoms with E-state index in [9.17, 15) is 14.7 Å². The number of nitrogens with zero attached hydrogens (tertiary/aromatic N) is 2. The van der Waals surface area contributed by atoms with Gasteiger partial charge in [0.1, 0.15) is 18.1 Å². The van der Waals surface area contributed by atoms with Gasteiger partial charge in [-0.3, -0.25) is 9.59 Å². The van der Waals surface area contributed by atoms with Crippen LogP contribution in [0.2, 0.25) is 5.02 Å². The molecule has 0 aliphatic heterocycles. The average Bonchev–Trinajstić information content (AvgIpc) is 2.96. The summed E-state index contributed by atoms with van der Waals surface area (Å²) in [4.78, 5) is 22.2. The zero-order chi connectivity index (χ0) is 20.4. The Balaban J connectivity index is 1.92. The molecule has 1 heterocycles. The minimum atomic E-state index is -0.191. The van der Waals surface area contributed by atoms with Gasteiger partial charge in [0.25, 0.3) is 0 Å². The van der Waals surface area contributed by atoms with E-state index in [0.717, 1.165) is 28.8 Å². The van der Waals surface area contributed by atoms with Crippen LogP contribution in [0.4, 0.5) is 0 Å². The fraction of sp³-hybridized carbons (Fsp3) is 0.190. The number of benzene rings is 2. The number of phenols is 1. The summed E-state index contributed by atoms with van der Waals surface area (Å²) in [6, 6.07) is 8.40. The Hall–Kier alpha value is -3.12. The number of carbonyl (C=O) groups excluding carboxylic acids is 2. The standard InChI is InChI=1S/C21H19ClN2O4/c1-12-15(11-28-21-8-20(27)16(9-25)7-18(21)22)5-4-6-19(12)24-14(3)17(10-26)13(2)23-24/h4-10,27H,11H2,1-3H3. The van der Waals surface area contributed by atoms with E-state index < -0.39 is 0 Å². The van der Waals surface area contributed by atoms with Gasteiger partial charge in [-0.2, -0.15) is 5.10 Å². The molecule has 0 amide bonds. The smallest absolute Gasteiger partial charge is 0.153 e. The van der Waals surface area contributed by atoms with Gasteiger partial charge >= 0.3 is 0 Å². The zero-order valence-corrected chi connectivity index (χ0v) is 16.4. The molecule has 0 saturated carbocycles. The van der Waals surface area contributed by atoms with Gasteiger partial charge in [0.2, 0.25) is 0 Å². The lowest BCUT2D eigenvalue weighted by Gasteiger charge is -2.14. The molecule has 0 bridgehead atoms. The van der Waals surface area contributed by atoms with Crippen LogP contribution < -0.4 is 4.74 Å². The molecule has 0 fully saturated rings. The Kier molecular flexibility index (Phi) is 5.51. The summed E-state index contributed by atoms with van der Waals surface area (Å²) >= 11 is 6.13. The molecule has 0 radical (unpaired) electrons. The van der Waals surface area contributed by atoms with E-state index in [1.807, 2.05) is 32.0 Å². The lowest BCUT2D eigenvalue weighted by atomic mass is 10.1. The van der Waals surface area contributed by atoms with Gasteiger partial charge in [0, 0.05) is 6.07 Å². The molecule has 0 spiro atoms. The van der Waals surface area contributed by atoms with Gasteiger partial charge in [-0.25, -0.2) is 4.68 Å². The first kappa shape index (κ1) is 19.6. The predicted octanol–water partition coefficient (Wildman–Crippen LogP) is 4.36. The molecule has 0 saturated heterocycles. The quantitative estimate of drug-likeness (QED) is 0.624. The molecule has 6 nitrogen and oxygen atoms in total. The van der Waals surface area contributed by atoms with Crippen LogP contribution in [-0.4, -0.2) is 27.5 Å².